The van der Waals surface area contributed by atoms with E-state index in [1.54, 1.807) is 7.05 Å². The highest BCUT2D eigenvalue weighted by atomic mass is 16.5. The van der Waals surface area contributed by atoms with Crippen LogP contribution in [0.2, 0.25) is 0 Å². The monoisotopic (exact) mass is 129 g/mol. The average Bonchev–Trinajstić information content (AvgIpc) is 1.60. The Hall–Kier alpha value is -0.0800. The summed E-state index contributed by atoms with van der Waals surface area (Å²) < 4.78 is 0. The molecule has 0 atom stereocenters. The van der Waals surface area contributed by atoms with E-state index in [4.69, 9.17) is 5.21 Å². The Morgan fingerprint density at radius 3 is 2.56 bits per heavy atom. The molecule has 0 saturated heterocycles. The van der Waals surface area contributed by atoms with Crippen LogP contribution in [-0.4, -0.2) is 23.9 Å². The van der Waals surface area contributed by atoms with Crippen LogP contribution in [0.15, 0.2) is 0 Å². The van der Waals surface area contributed by atoms with Crippen molar-refractivity contribution in [1.29, 1.82) is 0 Å². The van der Waals surface area contributed by atoms with Gasteiger partial charge in [-0.1, -0.05) is 19.3 Å². The maximum absolute atomic E-state index is 8.75. The summed E-state index contributed by atoms with van der Waals surface area (Å²) in [7, 11) is 1.71. The Labute approximate surface area is 56.4 Å². The molecule has 0 aromatic heterocycles. The molecule has 0 unspecified atom stereocenters. The number of hydrogen-bond donors (Lipinski definition) is 1. The highest BCUT2D eigenvalue weighted by Gasteiger charge is 2.16. The molecule has 0 aromatic rings. The lowest BCUT2D eigenvalue weighted by Crippen LogP contribution is -2.20. The standard InChI is InChI=1S/C7H15NO/c1-8(9)6-5-7-3-2-4-7/h7,9H,2-6H2,1H3. The van der Waals surface area contributed by atoms with Crippen molar-refractivity contribution < 1.29 is 5.21 Å². The fourth-order valence-corrected chi connectivity index (χ4v) is 1.15. The third-order valence-corrected chi connectivity index (χ3v) is 2.09. The molecule has 0 aromatic carbocycles. The molecule has 2 heteroatoms. The summed E-state index contributed by atoms with van der Waals surface area (Å²) in [6.07, 6.45) is 5.34. The minimum atomic E-state index is 0.838. The summed E-state index contributed by atoms with van der Waals surface area (Å²) in [6, 6.07) is 0. The van der Waals surface area contributed by atoms with Crippen LogP contribution in [0.3, 0.4) is 0 Å². The Kier molecular flexibility index (Phi) is 2.49. The molecule has 0 spiro atoms. The van der Waals surface area contributed by atoms with Gasteiger partial charge in [-0.15, -0.1) is 0 Å². The van der Waals surface area contributed by atoms with Crippen molar-refractivity contribution in [3.63, 3.8) is 0 Å². The normalized spacial score (nSPS) is 20.3. The van der Waals surface area contributed by atoms with Crippen molar-refractivity contribution in [3.05, 3.63) is 0 Å². The zero-order valence-electron chi connectivity index (χ0n) is 6.01. The summed E-state index contributed by atoms with van der Waals surface area (Å²) in [5.74, 6) is 0.916. The maximum atomic E-state index is 8.75. The van der Waals surface area contributed by atoms with Gasteiger partial charge in [-0.05, 0) is 12.3 Å². The van der Waals surface area contributed by atoms with Crippen LogP contribution in [0.4, 0.5) is 0 Å². The summed E-state index contributed by atoms with van der Waals surface area (Å²) in [4.78, 5) is 0. The van der Waals surface area contributed by atoms with Gasteiger partial charge in [0.25, 0.3) is 0 Å². The van der Waals surface area contributed by atoms with Crippen molar-refractivity contribution in [3.8, 4) is 0 Å². The lowest BCUT2D eigenvalue weighted by molar-refractivity contribution is -0.0700. The molecule has 1 rings (SSSR count). The fourth-order valence-electron chi connectivity index (χ4n) is 1.15. The van der Waals surface area contributed by atoms with Gasteiger partial charge in [0.15, 0.2) is 0 Å². The predicted molar refractivity (Wildman–Crippen MR) is 36.4 cm³/mol. The fraction of sp³-hybridized carbons (Fsp3) is 1.00. The minimum Gasteiger partial charge on any atom is -0.314 e. The Balaban J connectivity index is 1.91. The Bertz CT molecular complexity index is 79.0. The number of hydrogen-bond acceptors (Lipinski definition) is 2. The molecule has 0 amide bonds. The SMILES string of the molecule is CN(O)CCC1CCC1. The smallest absolute Gasteiger partial charge is 0.0237 e. The molecule has 1 aliphatic rings. The van der Waals surface area contributed by atoms with Crippen molar-refractivity contribution >= 4 is 0 Å². The molecule has 9 heavy (non-hydrogen) atoms. The third kappa shape index (κ3) is 2.33. The largest absolute Gasteiger partial charge is 0.314 e. The zero-order chi connectivity index (χ0) is 6.69. The first kappa shape index (κ1) is 7.03. The zero-order valence-corrected chi connectivity index (χ0v) is 6.01. The molecule has 2 nitrogen and oxygen atoms in total. The molecule has 1 saturated carbocycles. The second-order valence-electron chi connectivity index (χ2n) is 2.97. The van der Waals surface area contributed by atoms with E-state index in [0.717, 1.165) is 12.5 Å². The van der Waals surface area contributed by atoms with E-state index in [0.29, 0.717) is 0 Å². The van der Waals surface area contributed by atoms with Crippen LogP contribution in [0.25, 0.3) is 0 Å². The molecule has 1 fully saturated rings. The Morgan fingerprint density at radius 1 is 1.56 bits per heavy atom. The highest BCUT2D eigenvalue weighted by Crippen LogP contribution is 2.28. The number of nitrogens with zero attached hydrogens (tertiary/aromatic N) is 1. The summed E-state index contributed by atoms with van der Waals surface area (Å²) in [5, 5.41) is 10.0. The second kappa shape index (κ2) is 3.18. The topological polar surface area (TPSA) is 23.5 Å². The minimum absolute atomic E-state index is 0.838. The van der Waals surface area contributed by atoms with E-state index < -0.39 is 0 Å². The highest BCUT2D eigenvalue weighted by molar-refractivity contribution is 4.69. The van der Waals surface area contributed by atoms with E-state index in [-0.39, 0.29) is 0 Å². The van der Waals surface area contributed by atoms with Crippen molar-refractivity contribution in [1.82, 2.24) is 5.06 Å². The summed E-state index contributed by atoms with van der Waals surface area (Å²) in [6.45, 7) is 0.838. The van der Waals surface area contributed by atoms with Crippen molar-refractivity contribution in [2.24, 2.45) is 5.92 Å². The molecular formula is C7H15NO. The molecule has 54 valence electrons. The summed E-state index contributed by atoms with van der Waals surface area (Å²) in [5.41, 5.74) is 0. The van der Waals surface area contributed by atoms with Crippen LogP contribution >= 0.6 is 0 Å². The van der Waals surface area contributed by atoms with E-state index in [1.807, 2.05) is 0 Å². The van der Waals surface area contributed by atoms with Gasteiger partial charge >= 0.3 is 0 Å². The molecule has 1 N–H and O–H groups in total. The number of rotatable bonds is 3. The van der Waals surface area contributed by atoms with E-state index >= 15 is 0 Å². The van der Waals surface area contributed by atoms with Gasteiger partial charge in [0.05, 0.1) is 0 Å². The van der Waals surface area contributed by atoms with Gasteiger partial charge in [0, 0.05) is 13.6 Å². The third-order valence-electron chi connectivity index (χ3n) is 2.09. The molecule has 0 bridgehead atoms. The molecule has 0 heterocycles. The van der Waals surface area contributed by atoms with Crippen LogP contribution in [-0.2, 0) is 0 Å². The van der Waals surface area contributed by atoms with Gasteiger partial charge in [-0.25, -0.2) is 0 Å². The van der Waals surface area contributed by atoms with Crippen LogP contribution < -0.4 is 0 Å². The van der Waals surface area contributed by atoms with Gasteiger partial charge in [0.2, 0.25) is 0 Å². The van der Waals surface area contributed by atoms with Gasteiger partial charge in [-0.2, -0.15) is 5.06 Å². The lowest BCUT2D eigenvalue weighted by atomic mass is 9.83. The Morgan fingerprint density at radius 2 is 2.22 bits per heavy atom. The van der Waals surface area contributed by atoms with E-state index in [2.05, 4.69) is 0 Å². The first-order valence-corrected chi connectivity index (χ1v) is 3.69. The molecule has 1 aliphatic carbocycles. The van der Waals surface area contributed by atoms with Crippen LogP contribution in [0, 0.1) is 5.92 Å². The van der Waals surface area contributed by atoms with Gasteiger partial charge < -0.3 is 5.21 Å². The molecular weight excluding hydrogens is 114 g/mol. The van der Waals surface area contributed by atoms with Crippen LogP contribution in [0.5, 0.6) is 0 Å². The van der Waals surface area contributed by atoms with Crippen molar-refractivity contribution in [2.45, 2.75) is 25.7 Å². The first-order valence-electron chi connectivity index (χ1n) is 3.69. The second-order valence-corrected chi connectivity index (χ2v) is 2.97. The van der Waals surface area contributed by atoms with E-state index in [9.17, 15) is 0 Å². The predicted octanol–water partition coefficient (Wildman–Crippen LogP) is 1.50. The molecule has 0 aliphatic heterocycles. The van der Waals surface area contributed by atoms with Gasteiger partial charge in [0.1, 0.15) is 0 Å². The average molecular weight is 129 g/mol. The summed E-state index contributed by atoms with van der Waals surface area (Å²) >= 11 is 0. The molecule has 0 radical (unpaired) electrons. The number of hydroxylamine groups is 2. The lowest BCUT2D eigenvalue weighted by Gasteiger charge is -2.25. The van der Waals surface area contributed by atoms with E-state index in [1.165, 1.54) is 30.7 Å². The van der Waals surface area contributed by atoms with Crippen LogP contribution in [0.1, 0.15) is 25.7 Å². The first-order chi connectivity index (χ1) is 4.29. The quantitative estimate of drug-likeness (QED) is 0.584. The van der Waals surface area contributed by atoms with Crippen molar-refractivity contribution in [2.75, 3.05) is 13.6 Å². The maximum Gasteiger partial charge on any atom is 0.0237 e. The van der Waals surface area contributed by atoms with Gasteiger partial charge in [-0.3, -0.25) is 0 Å².